The summed E-state index contributed by atoms with van der Waals surface area (Å²) < 4.78 is 26.5. The Labute approximate surface area is 107 Å². The second-order valence-electron chi connectivity index (χ2n) is 4.95. The molecule has 0 unspecified atom stereocenters. The van der Waals surface area contributed by atoms with Crippen molar-refractivity contribution in [3.05, 3.63) is 34.9 Å². The van der Waals surface area contributed by atoms with Gasteiger partial charge >= 0.3 is 0 Å². The minimum atomic E-state index is -0.482. The molecule has 1 aliphatic rings. The van der Waals surface area contributed by atoms with Gasteiger partial charge in [-0.15, -0.1) is 0 Å². The van der Waals surface area contributed by atoms with Gasteiger partial charge in [0.2, 0.25) is 0 Å². The molecule has 1 fully saturated rings. The Hall–Kier alpha value is -1.00. The number of hydrogen-bond acceptors (Lipinski definition) is 2. The summed E-state index contributed by atoms with van der Waals surface area (Å²) in [6, 6.07) is 3.27. The predicted octanol–water partition coefficient (Wildman–Crippen LogP) is 2.50. The van der Waals surface area contributed by atoms with Gasteiger partial charge < -0.3 is 10.6 Å². The fourth-order valence-corrected chi connectivity index (χ4v) is 1.88. The van der Waals surface area contributed by atoms with Crippen LogP contribution < -0.4 is 10.6 Å². The van der Waals surface area contributed by atoms with Crippen molar-refractivity contribution in [3.63, 3.8) is 0 Å². The van der Waals surface area contributed by atoms with E-state index in [1.54, 1.807) is 13.0 Å². The maximum atomic E-state index is 13.4. The van der Waals surface area contributed by atoms with E-state index in [4.69, 9.17) is 0 Å². The molecule has 1 saturated carbocycles. The molecule has 0 bridgehead atoms. The standard InChI is InChI=1S/C14H20F2N2/c1-10-7-11(14(16)8-13(10)15)9-17-5-2-6-18-12-3-4-12/h7-8,12,17-18H,2-6,9H2,1H3. The van der Waals surface area contributed by atoms with E-state index in [0.717, 1.165) is 31.6 Å². The van der Waals surface area contributed by atoms with Gasteiger partial charge in [0.25, 0.3) is 0 Å². The second kappa shape index (κ2) is 6.25. The molecule has 0 saturated heterocycles. The van der Waals surface area contributed by atoms with Crippen LogP contribution in [-0.2, 0) is 6.54 Å². The maximum absolute atomic E-state index is 13.4. The molecule has 18 heavy (non-hydrogen) atoms. The summed E-state index contributed by atoms with van der Waals surface area (Å²) in [4.78, 5) is 0. The normalized spacial score (nSPS) is 15.1. The third-order valence-corrected chi connectivity index (χ3v) is 3.18. The molecule has 100 valence electrons. The molecule has 0 heterocycles. The Morgan fingerprint density at radius 3 is 2.67 bits per heavy atom. The van der Waals surface area contributed by atoms with Crippen molar-refractivity contribution in [3.8, 4) is 0 Å². The molecule has 1 aromatic carbocycles. The second-order valence-corrected chi connectivity index (χ2v) is 4.95. The molecular weight excluding hydrogens is 234 g/mol. The van der Waals surface area contributed by atoms with E-state index in [2.05, 4.69) is 10.6 Å². The molecule has 0 spiro atoms. The monoisotopic (exact) mass is 254 g/mol. The van der Waals surface area contributed by atoms with Crippen LogP contribution in [0.5, 0.6) is 0 Å². The van der Waals surface area contributed by atoms with Crippen molar-refractivity contribution < 1.29 is 8.78 Å². The van der Waals surface area contributed by atoms with Gasteiger partial charge in [0.05, 0.1) is 0 Å². The summed E-state index contributed by atoms with van der Waals surface area (Å²) in [6.07, 6.45) is 3.62. The first-order valence-electron chi connectivity index (χ1n) is 6.55. The molecule has 4 heteroatoms. The molecule has 2 nitrogen and oxygen atoms in total. The molecule has 1 aromatic rings. The van der Waals surface area contributed by atoms with Crippen molar-refractivity contribution >= 4 is 0 Å². The van der Waals surface area contributed by atoms with Crippen LogP contribution in [0.15, 0.2) is 12.1 Å². The summed E-state index contributed by atoms with van der Waals surface area (Å²) in [5.74, 6) is -0.952. The number of rotatable bonds is 7. The molecule has 0 amide bonds. The minimum absolute atomic E-state index is 0.455. The number of hydrogen-bond donors (Lipinski definition) is 2. The van der Waals surface area contributed by atoms with E-state index >= 15 is 0 Å². The average Bonchev–Trinajstić information content (AvgIpc) is 3.13. The third kappa shape index (κ3) is 4.03. The van der Waals surface area contributed by atoms with Crippen LogP contribution in [0.1, 0.15) is 30.4 Å². The SMILES string of the molecule is Cc1cc(CNCCCNC2CC2)c(F)cc1F. The highest BCUT2D eigenvalue weighted by atomic mass is 19.1. The van der Waals surface area contributed by atoms with Crippen LogP contribution in [0.25, 0.3) is 0 Å². The number of nitrogens with one attached hydrogen (secondary N) is 2. The highest BCUT2D eigenvalue weighted by Crippen LogP contribution is 2.18. The van der Waals surface area contributed by atoms with E-state index in [-0.39, 0.29) is 0 Å². The van der Waals surface area contributed by atoms with Crippen molar-refractivity contribution in [2.45, 2.75) is 38.8 Å². The zero-order valence-electron chi connectivity index (χ0n) is 10.7. The van der Waals surface area contributed by atoms with E-state index < -0.39 is 11.6 Å². The van der Waals surface area contributed by atoms with Crippen molar-refractivity contribution in [1.29, 1.82) is 0 Å². The lowest BCUT2D eigenvalue weighted by molar-refractivity contribution is 0.548. The number of aryl methyl sites for hydroxylation is 1. The molecule has 2 rings (SSSR count). The zero-order chi connectivity index (χ0) is 13.0. The molecule has 0 aromatic heterocycles. The Balaban J connectivity index is 1.67. The van der Waals surface area contributed by atoms with Crippen LogP contribution in [0.2, 0.25) is 0 Å². The van der Waals surface area contributed by atoms with Crippen LogP contribution in [0, 0.1) is 18.6 Å². The van der Waals surface area contributed by atoms with Crippen molar-refractivity contribution in [1.82, 2.24) is 10.6 Å². The van der Waals surface area contributed by atoms with E-state index in [0.29, 0.717) is 17.7 Å². The lowest BCUT2D eigenvalue weighted by Crippen LogP contribution is -2.23. The van der Waals surface area contributed by atoms with Crippen molar-refractivity contribution in [2.75, 3.05) is 13.1 Å². The fraction of sp³-hybridized carbons (Fsp3) is 0.571. The van der Waals surface area contributed by atoms with Crippen LogP contribution in [0.4, 0.5) is 8.78 Å². The van der Waals surface area contributed by atoms with Crippen molar-refractivity contribution in [2.24, 2.45) is 0 Å². The van der Waals surface area contributed by atoms with Gasteiger partial charge in [-0.25, -0.2) is 8.78 Å². The summed E-state index contributed by atoms with van der Waals surface area (Å²) in [6.45, 7) is 3.95. The van der Waals surface area contributed by atoms with E-state index in [1.807, 2.05) is 0 Å². The Bertz CT molecular complexity index is 403. The van der Waals surface area contributed by atoms with Gasteiger partial charge in [-0.2, -0.15) is 0 Å². The molecule has 0 aliphatic heterocycles. The Morgan fingerprint density at radius 1 is 1.17 bits per heavy atom. The number of benzene rings is 1. The van der Waals surface area contributed by atoms with Gasteiger partial charge in [-0.05, 0) is 50.9 Å². The van der Waals surface area contributed by atoms with Gasteiger partial charge in [0, 0.05) is 24.2 Å². The third-order valence-electron chi connectivity index (χ3n) is 3.18. The molecule has 2 N–H and O–H groups in total. The molecular formula is C14H20F2N2. The highest BCUT2D eigenvalue weighted by Gasteiger charge is 2.19. The lowest BCUT2D eigenvalue weighted by atomic mass is 10.1. The van der Waals surface area contributed by atoms with Gasteiger partial charge in [0.1, 0.15) is 11.6 Å². The quantitative estimate of drug-likeness (QED) is 0.731. The predicted molar refractivity (Wildman–Crippen MR) is 68.4 cm³/mol. The zero-order valence-corrected chi connectivity index (χ0v) is 10.7. The van der Waals surface area contributed by atoms with Crippen LogP contribution in [0.3, 0.4) is 0 Å². The van der Waals surface area contributed by atoms with Crippen LogP contribution >= 0.6 is 0 Å². The Morgan fingerprint density at radius 2 is 1.94 bits per heavy atom. The highest BCUT2D eigenvalue weighted by molar-refractivity contribution is 5.25. The first kappa shape index (κ1) is 13.4. The molecule has 0 radical (unpaired) electrons. The van der Waals surface area contributed by atoms with E-state index in [9.17, 15) is 8.78 Å². The average molecular weight is 254 g/mol. The maximum Gasteiger partial charge on any atom is 0.130 e. The smallest absolute Gasteiger partial charge is 0.130 e. The van der Waals surface area contributed by atoms with Crippen LogP contribution in [-0.4, -0.2) is 19.1 Å². The first-order valence-corrected chi connectivity index (χ1v) is 6.55. The summed E-state index contributed by atoms with van der Waals surface area (Å²) in [5.41, 5.74) is 1.02. The van der Waals surface area contributed by atoms with Gasteiger partial charge in [0.15, 0.2) is 0 Å². The summed E-state index contributed by atoms with van der Waals surface area (Å²) in [7, 11) is 0. The lowest BCUT2D eigenvalue weighted by Gasteiger charge is -2.08. The summed E-state index contributed by atoms with van der Waals surface area (Å²) in [5, 5.41) is 6.60. The molecule has 0 atom stereocenters. The Kier molecular flexibility index (Phi) is 4.66. The summed E-state index contributed by atoms with van der Waals surface area (Å²) >= 11 is 0. The van der Waals surface area contributed by atoms with E-state index in [1.165, 1.54) is 12.8 Å². The topological polar surface area (TPSA) is 24.1 Å². The largest absolute Gasteiger partial charge is 0.314 e. The molecule has 1 aliphatic carbocycles. The fourth-order valence-electron chi connectivity index (χ4n) is 1.88. The van der Waals surface area contributed by atoms with Gasteiger partial charge in [-0.1, -0.05) is 0 Å². The minimum Gasteiger partial charge on any atom is -0.314 e. The van der Waals surface area contributed by atoms with Gasteiger partial charge in [-0.3, -0.25) is 0 Å². The number of halogens is 2. The first-order chi connectivity index (χ1) is 8.66.